The molecule has 0 spiro atoms. The van der Waals surface area contributed by atoms with Crippen molar-refractivity contribution in [2.45, 2.75) is 44.7 Å². The summed E-state index contributed by atoms with van der Waals surface area (Å²) >= 11 is 0. The highest BCUT2D eigenvalue weighted by molar-refractivity contribution is 5.40. The molecule has 1 aliphatic carbocycles. The van der Waals surface area contributed by atoms with Crippen molar-refractivity contribution in [1.29, 1.82) is 0 Å². The van der Waals surface area contributed by atoms with Crippen molar-refractivity contribution >= 4 is 0 Å². The summed E-state index contributed by atoms with van der Waals surface area (Å²) in [7, 11) is 0. The Balaban J connectivity index is 1.68. The number of benzene rings is 2. The molecule has 1 saturated carbocycles. The van der Waals surface area contributed by atoms with Gasteiger partial charge in [0, 0.05) is 6.54 Å². The van der Waals surface area contributed by atoms with Gasteiger partial charge in [-0.05, 0) is 47.4 Å². The molecule has 0 bridgehead atoms. The lowest BCUT2D eigenvalue weighted by Crippen LogP contribution is -2.42. The number of para-hydroxylation sites is 1. The lowest BCUT2D eigenvalue weighted by molar-refractivity contribution is 0.312. The number of nitrogens with one attached hydrogen (secondary N) is 1. The Kier molecular flexibility index (Phi) is 4.32. The van der Waals surface area contributed by atoms with Gasteiger partial charge in [-0.25, -0.2) is 0 Å². The van der Waals surface area contributed by atoms with Crippen LogP contribution in [0.15, 0.2) is 54.6 Å². The summed E-state index contributed by atoms with van der Waals surface area (Å²) in [6.45, 7) is 2.92. The number of aryl methyl sites for hydroxylation is 1. The minimum Gasteiger partial charge on any atom is -0.301 e. The molecule has 0 aliphatic heterocycles. The van der Waals surface area contributed by atoms with E-state index in [1.807, 2.05) is 22.9 Å². The van der Waals surface area contributed by atoms with Crippen molar-refractivity contribution in [3.05, 3.63) is 71.5 Å². The fourth-order valence-corrected chi connectivity index (χ4v) is 3.77. The number of tetrazole rings is 1. The molecule has 1 fully saturated rings. The Morgan fingerprint density at radius 2 is 1.72 bits per heavy atom. The van der Waals surface area contributed by atoms with Crippen molar-refractivity contribution in [3.63, 3.8) is 0 Å². The van der Waals surface area contributed by atoms with Crippen LogP contribution in [-0.4, -0.2) is 20.2 Å². The first kappa shape index (κ1) is 16.0. The van der Waals surface area contributed by atoms with Crippen LogP contribution in [0.25, 0.3) is 5.69 Å². The van der Waals surface area contributed by atoms with E-state index >= 15 is 0 Å². The van der Waals surface area contributed by atoms with Gasteiger partial charge in [0.15, 0.2) is 5.82 Å². The van der Waals surface area contributed by atoms with Crippen LogP contribution in [0.2, 0.25) is 0 Å². The molecule has 5 heteroatoms. The summed E-state index contributed by atoms with van der Waals surface area (Å²) in [5, 5.41) is 16.5. The van der Waals surface area contributed by atoms with Crippen molar-refractivity contribution in [2.24, 2.45) is 0 Å². The van der Waals surface area contributed by atoms with Gasteiger partial charge < -0.3 is 5.32 Å². The third kappa shape index (κ3) is 3.07. The summed E-state index contributed by atoms with van der Waals surface area (Å²) in [5.74, 6) is 0.926. The normalized spacial score (nSPS) is 16.2. The van der Waals surface area contributed by atoms with Gasteiger partial charge in [0.1, 0.15) is 0 Å². The number of nitrogens with zero attached hydrogens (tertiary/aromatic N) is 4. The predicted octanol–water partition coefficient (Wildman–Crippen LogP) is 3.53. The van der Waals surface area contributed by atoms with E-state index < -0.39 is 0 Å². The van der Waals surface area contributed by atoms with E-state index in [4.69, 9.17) is 0 Å². The van der Waals surface area contributed by atoms with Crippen molar-refractivity contribution in [2.75, 3.05) is 0 Å². The SMILES string of the molecule is Cc1ccccc1-n1nnnc1C1(NCc2ccccc2)CCCC1. The minimum atomic E-state index is -0.165. The molecular weight excluding hydrogens is 310 g/mol. The standard InChI is InChI=1S/C20H23N5/c1-16-9-5-6-12-18(16)25-19(22-23-24-25)20(13-7-8-14-20)21-15-17-10-3-2-4-11-17/h2-6,9-12,21H,7-8,13-15H2,1H3. The second-order valence-electron chi connectivity index (χ2n) is 6.83. The van der Waals surface area contributed by atoms with Gasteiger partial charge in [-0.2, -0.15) is 4.68 Å². The lowest BCUT2D eigenvalue weighted by Gasteiger charge is -2.29. The summed E-state index contributed by atoms with van der Waals surface area (Å²) in [6.07, 6.45) is 4.52. The fraction of sp³-hybridized carbons (Fsp3) is 0.350. The van der Waals surface area contributed by atoms with Crippen LogP contribution in [0.4, 0.5) is 0 Å². The van der Waals surface area contributed by atoms with Gasteiger partial charge in [0.25, 0.3) is 0 Å². The van der Waals surface area contributed by atoms with E-state index in [-0.39, 0.29) is 5.54 Å². The zero-order valence-electron chi connectivity index (χ0n) is 14.5. The van der Waals surface area contributed by atoms with Gasteiger partial charge in [-0.3, -0.25) is 0 Å². The maximum absolute atomic E-state index is 4.44. The van der Waals surface area contributed by atoms with Crippen LogP contribution in [0, 0.1) is 6.92 Å². The van der Waals surface area contributed by atoms with Gasteiger partial charge in [-0.15, -0.1) is 5.10 Å². The van der Waals surface area contributed by atoms with Crippen LogP contribution >= 0.6 is 0 Å². The second kappa shape index (κ2) is 6.76. The van der Waals surface area contributed by atoms with Crippen LogP contribution in [0.1, 0.15) is 42.6 Å². The molecule has 0 radical (unpaired) electrons. The Morgan fingerprint density at radius 3 is 2.48 bits per heavy atom. The van der Waals surface area contributed by atoms with E-state index in [0.717, 1.165) is 30.9 Å². The Bertz CT molecular complexity index is 834. The van der Waals surface area contributed by atoms with E-state index in [9.17, 15) is 0 Å². The van der Waals surface area contributed by atoms with Crippen molar-refractivity contribution in [1.82, 2.24) is 25.5 Å². The second-order valence-corrected chi connectivity index (χ2v) is 6.83. The Morgan fingerprint density at radius 1 is 1.00 bits per heavy atom. The van der Waals surface area contributed by atoms with Crippen LogP contribution in [0.5, 0.6) is 0 Å². The van der Waals surface area contributed by atoms with Crippen LogP contribution in [-0.2, 0) is 12.1 Å². The smallest absolute Gasteiger partial charge is 0.176 e. The summed E-state index contributed by atoms with van der Waals surface area (Å²) in [5.41, 5.74) is 3.34. The van der Waals surface area contributed by atoms with Crippen LogP contribution < -0.4 is 5.32 Å². The molecule has 5 nitrogen and oxygen atoms in total. The van der Waals surface area contributed by atoms with Gasteiger partial charge in [-0.1, -0.05) is 61.4 Å². The maximum Gasteiger partial charge on any atom is 0.176 e. The average molecular weight is 333 g/mol. The number of aromatic nitrogens is 4. The molecule has 128 valence electrons. The van der Waals surface area contributed by atoms with E-state index in [0.29, 0.717) is 0 Å². The molecule has 25 heavy (non-hydrogen) atoms. The van der Waals surface area contributed by atoms with Gasteiger partial charge in [0.2, 0.25) is 0 Å². The minimum absolute atomic E-state index is 0.165. The third-order valence-electron chi connectivity index (χ3n) is 5.17. The Labute approximate surface area is 148 Å². The van der Waals surface area contributed by atoms with E-state index in [1.54, 1.807) is 0 Å². The Hall–Kier alpha value is -2.53. The summed E-state index contributed by atoms with van der Waals surface area (Å²) in [4.78, 5) is 0. The first-order chi connectivity index (χ1) is 12.3. The molecule has 1 aliphatic rings. The molecule has 2 aromatic carbocycles. The van der Waals surface area contributed by atoms with Gasteiger partial charge in [0.05, 0.1) is 11.2 Å². The first-order valence-electron chi connectivity index (χ1n) is 8.92. The molecule has 0 unspecified atom stereocenters. The monoisotopic (exact) mass is 333 g/mol. The fourth-order valence-electron chi connectivity index (χ4n) is 3.77. The topological polar surface area (TPSA) is 55.6 Å². The summed E-state index contributed by atoms with van der Waals surface area (Å²) in [6, 6.07) is 18.8. The largest absolute Gasteiger partial charge is 0.301 e. The zero-order chi connectivity index (χ0) is 17.1. The quantitative estimate of drug-likeness (QED) is 0.776. The molecule has 0 amide bonds. The number of hydrogen-bond donors (Lipinski definition) is 1. The number of rotatable bonds is 5. The number of hydrogen-bond acceptors (Lipinski definition) is 4. The van der Waals surface area contributed by atoms with Crippen LogP contribution in [0.3, 0.4) is 0 Å². The lowest BCUT2D eigenvalue weighted by atomic mass is 9.95. The highest BCUT2D eigenvalue weighted by atomic mass is 15.6. The molecule has 0 saturated heterocycles. The molecule has 4 rings (SSSR count). The molecule has 1 heterocycles. The molecule has 0 atom stereocenters. The molecular formula is C20H23N5. The highest BCUT2D eigenvalue weighted by Crippen LogP contribution is 2.38. The molecule has 1 N–H and O–H groups in total. The van der Waals surface area contributed by atoms with Crippen molar-refractivity contribution < 1.29 is 0 Å². The highest BCUT2D eigenvalue weighted by Gasteiger charge is 2.40. The van der Waals surface area contributed by atoms with Gasteiger partial charge >= 0.3 is 0 Å². The summed E-state index contributed by atoms with van der Waals surface area (Å²) < 4.78 is 1.92. The average Bonchev–Trinajstić information content (AvgIpc) is 3.31. The predicted molar refractivity (Wildman–Crippen MR) is 97.3 cm³/mol. The first-order valence-corrected chi connectivity index (χ1v) is 8.92. The van der Waals surface area contributed by atoms with Crippen molar-refractivity contribution in [3.8, 4) is 5.69 Å². The van der Waals surface area contributed by atoms with E-state index in [2.05, 4.69) is 64.2 Å². The molecule has 3 aromatic rings. The molecule has 1 aromatic heterocycles. The van der Waals surface area contributed by atoms with E-state index in [1.165, 1.54) is 24.0 Å². The maximum atomic E-state index is 4.44. The third-order valence-corrected chi connectivity index (χ3v) is 5.17. The zero-order valence-corrected chi connectivity index (χ0v) is 14.5.